The minimum atomic E-state index is 0.219. The molecule has 1 aliphatic rings. The maximum absolute atomic E-state index is 12.8. The molecule has 1 aromatic carbocycles. The number of aryl methyl sites for hydroxylation is 2. The Hall–Kier alpha value is -2.08. The van der Waals surface area contributed by atoms with Crippen molar-refractivity contribution in [2.75, 3.05) is 12.3 Å². The van der Waals surface area contributed by atoms with E-state index < -0.39 is 0 Å². The molecule has 1 saturated heterocycles. The van der Waals surface area contributed by atoms with Gasteiger partial charge in [-0.15, -0.1) is 10.2 Å². The van der Waals surface area contributed by atoms with Crippen molar-refractivity contribution in [3.05, 3.63) is 35.4 Å². The summed E-state index contributed by atoms with van der Waals surface area (Å²) in [5.41, 5.74) is 4.26. The van der Waals surface area contributed by atoms with Gasteiger partial charge in [0.1, 0.15) is 0 Å². The third-order valence-corrected chi connectivity index (χ3v) is 6.44. The summed E-state index contributed by atoms with van der Waals surface area (Å²) >= 11 is 1.50. The first-order valence-electron chi connectivity index (χ1n) is 9.76. The van der Waals surface area contributed by atoms with Crippen LogP contribution in [0.1, 0.15) is 43.7 Å². The summed E-state index contributed by atoms with van der Waals surface area (Å²) in [4.78, 5) is 14.9. The Bertz CT molecular complexity index is 997. The molecule has 0 radical (unpaired) electrons. The van der Waals surface area contributed by atoms with Crippen LogP contribution in [0.25, 0.3) is 16.6 Å². The molecule has 0 bridgehead atoms. The highest BCUT2D eigenvalue weighted by Crippen LogP contribution is 2.27. The van der Waals surface area contributed by atoms with E-state index in [1.165, 1.54) is 29.1 Å². The third-order valence-electron chi connectivity index (χ3n) is 5.53. The molecule has 3 heterocycles. The van der Waals surface area contributed by atoms with Gasteiger partial charge < -0.3 is 4.90 Å². The zero-order valence-corrected chi connectivity index (χ0v) is 17.1. The number of piperidine rings is 1. The molecule has 1 amide bonds. The number of carbonyl (C=O) groups is 1. The summed E-state index contributed by atoms with van der Waals surface area (Å²) in [7, 11) is 0. The van der Waals surface area contributed by atoms with Crippen molar-refractivity contribution in [3.63, 3.8) is 0 Å². The molecule has 5 nitrogen and oxygen atoms in total. The monoisotopic (exact) mass is 382 g/mol. The van der Waals surface area contributed by atoms with Crippen molar-refractivity contribution in [2.45, 2.75) is 57.7 Å². The van der Waals surface area contributed by atoms with Gasteiger partial charge in [0.05, 0.1) is 11.3 Å². The lowest BCUT2D eigenvalue weighted by molar-refractivity contribution is -0.132. The Morgan fingerprint density at radius 2 is 2.07 bits per heavy atom. The van der Waals surface area contributed by atoms with E-state index in [1.54, 1.807) is 0 Å². The molecule has 0 N–H and O–H groups in total. The van der Waals surface area contributed by atoms with Crippen LogP contribution in [0.15, 0.2) is 29.4 Å². The number of rotatable bonds is 4. The van der Waals surface area contributed by atoms with Crippen LogP contribution in [0.5, 0.6) is 0 Å². The zero-order valence-electron chi connectivity index (χ0n) is 16.2. The van der Waals surface area contributed by atoms with E-state index in [9.17, 15) is 4.79 Å². The molecule has 1 atom stereocenters. The van der Waals surface area contributed by atoms with E-state index in [4.69, 9.17) is 0 Å². The Kier molecular flexibility index (Phi) is 5.08. The highest BCUT2D eigenvalue weighted by atomic mass is 32.2. The quantitative estimate of drug-likeness (QED) is 0.628. The van der Waals surface area contributed by atoms with Gasteiger partial charge in [0.15, 0.2) is 10.8 Å². The Morgan fingerprint density at radius 3 is 2.89 bits per heavy atom. The van der Waals surface area contributed by atoms with Gasteiger partial charge in [-0.05, 0) is 68.2 Å². The molecular formula is C21H26N4OS. The van der Waals surface area contributed by atoms with Crippen LogP contribution < -0.4 is 0 Å². The lowest BCUT2D eigenvalue weighted by Crippen LogP contribution is -2.44. The van der Waals surface area contributed by atoms with Crippen LogP contribution in [0.3, 0.4) is 0 Å². The molecular weight excluding hydrogens is 356 g/mol. The number of thioether (sulfide) groups is 1. The van der Waals surface area contributed by atoms with Gasteiger partial charge in [0, 0.05) is 12.6 Å². The van der Waals surface area contributed by atoms with E-state index in [2.05, 4.69) is 64.5 Å². The smallest absolute Gasteiger partial charge is 0.233 e. The molecule has 0 spiro atoms. The third kappa shape index (κ3) is 3.43. The normalized spacial score (nSPS) is 17.7. The summed E-state index contributed by atoms with van der Waals surface area (Å²) in [6.45, 7) is 7.21. The van der Waals surface area contributed by atoms with Gasteiger partial charge in [0.25, 0.3) is 0 Å². The zero-order chi connectivity index (χ0) is 19.0. The summed E-state index contributed by atoms with van der Waals surface area (Å²) in [5.74, 6) is 0.634. The highest BCUT2D eigenvalue weighted by Gasteiger charge is 2.25. The SMILES string of the molecule is CCC1CCCCN1C(=O)CSc1nnc2c(C)cc3ccc(C)cc3n12. The Labute approximate surface area is 164 Å². The van der Waals surface area contributed by atoms with E-state index in [1.807, 2.05) is 0 Å². The van der Waals surface area contributed by atoms with Crippen LogP contribution >= 0.6 is 11.8 Å². The maximum Gasteiger partial charge on any atom is 0.233 e. The van der Waals surface area contributed by atoms with Crippen LogP contribution in [0.2, 0.25) is 0 Å². The van der Waals surface area contributed by atoms with E-state index in [-0.39, 0.29) is 5.91 Å². The molecule has 4 rings (SSSR count). The topological polar surface area (TPSA) is 50.5 Å². The number of hydrogen-bond acceptors (Lipinski definition) is 4. The largest absolute Gasteiger partial charge is 0.339 e. The number of fused-ring (bicyclic) bond motifs is 3. The fourth-order valence-electron chi connectivity index (χ4n) is 4.07. The average Bonchev–Trinajstić information content (AvgIpc) is 3.12. The number of hydrogen-bond donors (Lipinski definition) is 0. The number of carbonyl (C=O) groups excluding carboxylic acids is 1. The lowest BCUT2D eigenvalue weighted by Gasteiger charge is -2.35. The van der Waals surface area contributed by atoms with Gasteiger partial charge in [-0.2, -0.15) is 0 Å². The number of likely N-dealkylation sites (tertiary alicyclic amines) is 1. The van der Waals surface area contributed by atoms with Gasteiger partial charge >= 0.3 is 0 Å². The molecule has 2 aromatic heterocycles. The van der Waals surface area contributed by atoms with Crippen molar-refractivity contribution in [3.8, 4) is 0 Å². The first-order chi connectivity index (χ1) is 13.1. The number of benzene rings is 1. The molecule has 1 fully saturated rings. The van der Waals surface area contributed by atoms with Gasteiger partial charge in [-0.1, -0.05) is 30.8 Å². The summed E-state index contributed by atoms with van der Waals surface area (Å²) < 4.78 is 2.10. The second-order valence-corrected chi connectivity index (χ2v) is 8.41. The van der Waals surface area contributed by atoms with E-state index in [0.717, 1.165) is 47.7 Å². The average molecular weight is 383 g/mol. The van der Waals surface area contributed by atoms with Crippen LogP contribution in [0.4, 0.5) is 0 Å². The predicted molar refractivity (Wildman–Crippen MR) is 110 cm³/mol. The van der Waals surface area contributed by atoms with E-state index >= 15 is 0 Å². The number of amides is 1. The van der Waals surface area contributed by atoms with Gasteiger partial charge in [0.2, 0.25) is 5.91 Å². The Morgan fingerprint density at radius 1 is 1.22 bits per heavy atom. The summed E-state index contributed by atoms with van der Waals surface area (Å²) in [5, 5.41) is 10.7. The Balaban J connectivity index is 1.63. The standard InChI is InChI=1S/C21H26N4OS/c1-4-17-7-5-6-10-24(17)19(26)13-27-21-23-22-20-15(3)12-16-9-8-14(2)11-18(16)25(20)21/h8-9,11-12,17H,4-7,10,13H2,1-3H3. The first-order valence-corrected chi connectivity index (χ1v) is 10.7. The first kappa shape index (κ1) is 18.3. The van der Waals surface area contributed by atoms with Crippen molar-refractivity contribution in [2.24, 2.45) is 0 Å². The molecule has 142 valence electrons. The second-order valence-electron chi connectivity index (χ2n) is 7.46. The maximum atomic E-state index is 12.8. The molecule has 0 saturated carbocycles. The van der Waals surface area contributed by atoms with Gasteiger partial charge in [-0.25, -0.2) is 0 Å². The molecule has 1 unspecified atom stereocenters. The minimum Gasteiger partial charge on any atom is -0.339 e. The van der Waals surface area contributed by atoms with Crippen LogP contribution in [-0.2, 0) is 4.79 Å². The van der Waals surface area contributed by atoms with Crippen molar-refractivity contribution < 1.29 is 4.79 Å². The molecule has 1 aliphatic heterocycles. The molecule has 3 aromatic rings. The highest BCUT2D eigenvalue weighted by molar-refractivity contribution is 7.99. The molecule has 27 heavy (non-hydrogen) atoms. The number of nitrogens with zero attached hydrogens (tertiary/aromatic N) is 4. The van der Waals surface area contributed by atoms with Crippen molar-refractivity contribution in [1.82, 2.24) is 19.5 Å². The summed E-state index contributed by atoms with van der Waals surface area (Å²) in [6.07, 6.45) is 4.51. The predicted octanol–water partition coefficient (Wildman–Crippen LogP) is 4.38. The second kappa shape index (κ2) is 7.50. The lowest BCUT2D eigenvalue weighted by atomic mass is 10.0. The van der Waals surface area contributed by atoms with E-state index in [0.29, 0.717) is 11.8 Å². The number of pyridine rings is 1. The van der Waals surface area contributed by atoms with Crippen LogP contribution in [0, 0.1) is 13.8 Å². The van der Waals surface area contributed by atoms with Crippen LogP contribution in [-0.4, -0.2) is 43.7 Å². The fourth-order valence-corrected chi connectivity index (χ4v) is 4.90. The fraction of sp³-hybridized carbons (Fsp3) is 0.476. The number of aromatic nitrogens is 3. The minimum absolute atomic E-state index is 0.219. The molecule has 6 heteroatoms. The summed E-state index contributed by atoms with van der Waals surface area (Å²) in [6, 6.07) is 8.96. The van der Waals surface area contributed by atoms with Crippen molar-refractivity contribution >= 4 is 34.2 Å². The van der Waals surface area contributed by atoms with Crippen molar-refractivity contribution in [1.29, 1.82) is 0 Å². The van der Waals surface area contributed by atoms with Gasteiger partial charge in [-0.3, -0.25) is 9.20 Å². The molecule has 0 aliphatic carbocycles.